The Balaban J connectivity index is 1.50. The molecule has 0 saturated carbocycles. The van der Waals surface area contributed by atoms with Crippen LogP contribution in [0.1, 0.15) is 20.8 Å². The molecule has 0 radical (unpaired) electrons. The van der Waals surface area contributed by atoms with Crippen molar-refractivity contribution in [3.63, 3.8) is 0 Å². The van der Waals surface area contributed by atoms with Gasteiger partial charge in [0.05, 0.1) is 18.1 Å². The third-order valence-corrected chi connectivity index (χ3v) is 4.03. The number of nitrogens with zero attached hydrogens (tertiary/aromatic N) is 2. The highest BCUT2D eigenvalue weighted by molar-refractivity contribution is 6.07. The van der Waals surface area contributed by atoms with Crippen LogP contribution in [0.15, 0.2) is 73.3 Å². The first kappa shape index (κ1) is 15.6. The summed E-state index contributed by atoms with van der Waals surface area (Å²) in [4.78, 5) is 31.9. The molecule has 26 heavy (non-hydrogen) atoms. The number of imidazole rings is 1. The Morgan fingerprint density at radius 3 is 2.50 bits per heavy atom. The standard InChI is InChI=1S/C19H15N5O2/c25-18(15-10-21-16-9-5-4-8-14(15)16)22-23-19(26)17-11-20-12-24(17)13-6-2-1-3-7-13/h1-12,21H,(H,22,25)(H,23,26). The summed E-state index contributed by atoms with van der Waals surface area (Å²) in [5, 5.41) is 0.786. The Hall–Kier alpha value is -3.87. The minimum Gasteiger partial charge on any atom is -0.360 e. The average Bonchev–Trinajstić information content (AvgIpc) is 3.33. The normalized spacial score (nSPS) is 10.6. The van der Waals surface area contributed by atoms with Gasteiger partial charge in [-0.15, -0.1) is 0 Å². The highest BCUT2D eigenvalue weighted by atomic mass is 16.2. The van der Waals surface area contributed by atoms with Crippen LogP contribution in [0.3, 0.4) is 0 Å². The molecule has 2 heterocycles. The number of hydrazine groups is 1. The van der Waals surface area contributed by atoms with Gasteiger partial charge in [-0.3, -0.25) is 25.0 Å². The van der Waals surface area contributed by atoms with Gasteiger partial charge < -0.3 is 4.98 Å². The van der Waals surface area contributed by atoms with Crippen molar-refractivity contribution in [2.45, 2.75) is 0 Å². The fraction of sp³-hybridized carbons (Fsp3) is 0. The molecule has 2 amide bonds. The first-order valence-corrected chi connectivity index (χ1v) is 7.98. The van der Waals surface area contributed by atoms with Gasteiger partial charge in [0.25, 0.3) is 11.8 Å². The maximum Gasteiger partial charge on any atom is 0.288 e. The zero-order chi connectivity index (χ0) is 17.9. The van der Waals surface area contributed by atoms with Gasteiger partial charge in [0, 0.05) is 22.8 Å². The third kappa shape index (κ3) is 2.82. The van der Waals surface area contributed by atoms with Gasteiger partial charge in [-0.25, -0.2) is 4.98 Å². The van der Waals surface area contributed by atoms with Gasteiger partial charge in [0.2, 0.25) is 0 Å². The molecule has 4 rings (SSSR count). The molecule has 0 unspecified atom stereocenters. The van der Waals surface area contributed by atoms with E-state index in [1.165, 1.54) is 6.20 Å². The lowest BCUT2D eigenvalue weighted by molar-refractivity contribution is 0.0843. The molecule has 4 aromatic rings. The number of aromatic amines is 1. The number of carbonyl (C=O) groups is 2. The van der Waals surface area contributed by atoms with Crippen LogP contribution in [0.4, 0.5) is 0 Å². The van der Waals surface area contributed by atoms with Crippen LogP contribution < -0.4 is 10.9 Å². The van der Waals surface area contributed by atoms with Crippen LogP contribution in [0, 0.1) is 0 Å². The van der Waals surface area contributed by atoms with Crippen molar-refractivity contribution in [3.05, 3.63) is 84.6 Å². The lowest BCUT2D eigenvalue weighted by Gasteiger charge is -2.09. The van der Waals surface area contributed by atoms with E-state index in [0.717, 1.165) is 16.6 Å². The van der Waals surface area contributed by atoms with E-state index in [1.54, 1.807) is 17.1 Å². The number of hydrogen-bond acceptors (Lipinski definition) is 3. The van der Waals surface area contributed by atoms with Crippen LogP contribution in [-0.2, 0) is 0 Å². The summed E-state index contributed by atoms with van der Waals surface area (Å²) in [7, 11) is 0. The minimum atomic E-state index is -0.459. The minimum absolute atomic E-state index is 0.315. The Morgan fingerprint density at radius 1 is 0.923 bits per heavy atom. The number of hydrogen-bond donors (Lipinski definition) is 3. The second kappa shape index (κ2) is 6.56. The maximum absolute atomic E-state index is 12.4. The van der Waals surface area contributed by atoms with Gasteiger partial charge in [-0.1, -0.05) is 36.4 Å². The van der Waals surface area contributed by atoms with Crippen molar-refractivity contribution >= 4 is 22.7 Å². The second-order valence-corrected chi connectivity index (χ2v) is 5.64. The Labute approximate surface area is 148 Å². The number of H-pyrrole nitrogens is 1. The summed E-state index contributed by atoms with van der Waals surface area (Å²) in [6.45, 7) is 0. The van der Waals surface area contributed by atoms with E-state index >= 15 is 0 Å². The quantitative estimate of drug-likeness (QED) is 0.498. The van der Waals surface area contributed by atoms with Crippen LogP contribution in [0.25, 0.3) is 16.6 Å². The lowest BCUT2D eigenvalue weighted by atomic mass is 10.2. The van der Waals surface area contributed by atoms with Crippen molar-refractivity contribution in [1.29, 1.82) is 0 Å². The van der Waals surface area contributed by atoms with E-state index in [9.17, 15) is 9.59 Å². The molecule has 2 aromatic heterocycles. The monoisotopic (exact) mass is 345 g/mol. The van der Waals surface area contributed by atoms with Crippen LogP contribution >= 0.6 is 0 Å². The number of amides is 2. The molecule has 0 aliphatic heterocycles. The summed E-state index contributed by atoms with van der Waals surface area (Å²) in [6, 6.07) is 16.8. The molecule has 2 aromatic carbocycles. The summed E-state index contributed by atoms with van der Waals surface area (Å²) in [5.74, 6) is -0.860. The summed E-state index contributed by atoms with van der Waals surface area (Å²) in [6.07, 6.45) is 4.60. The van der Waals surface area contributed by atoms with E-state index in [2.05, 4.69) is 20.8 Å². The highest BCUT2D eigenvalue weighted by Crippen LogP contribution is 2.17. The fourth-order valence-electron chi connectivity index (χ4n) is 2.76. The molecular formula is C19H15N5O2. The highest BCUT2D eigenvalue weighted by Gasteiger charge is 2.16. The summed E-state index contributed by atoms with van der Waals surface area (Å²) in [5.41, 5.74) is 7.31. The predicted molar refractivity (Wildman–Crippen MR) is 96.8 cm³/mol. The Morgan fingerprint density at radius 2 is 1.65 bits per heavy atom. The molecule has 3 N–H and O–H groups in total. The fourth-order valence-corrected chi connectivity index (χ4v) is 2.76. The molecule has 0 atom stereocenters. The summed E-state index contributed by atoms with van der Waals surface area (Å²) < 4.78 is 1.65. The van der Waals surface area contributed by atoms with Gasteiger partial charge in [0.15, 0.2) is 0 Å². The van der Waals surface area contributed by atoms with Crippen LogP contribution in [0.2, 0.25) is 0 Å². The van der Waals surface area contributed by atoms with Crippen molar-refractivity contribution in [1.82, 2.24) is 25.4 Å². The molecule has 0 spiro atoms. The molecule has 128 valence electrons. The molecular weight excluding hydrogens is 330 g/mol. The van der Waals surface area contributed by atoms with Gasteiger partial charge in [-0.2, -0.15) is 0 Å². The zero-order valence-electron chi connectivity index (χ0n) is 13.6. The van der Waals surface area contributed by atoms with E-state index in [4.69, 9.17) is 0 Å². The largest absolute Gasteiger partial charge is 0.360 e. The molecule has 0 bridgehead atoms. The number of nitrogens with one attached hydrogen (secondary N) is 3. The molecule has 0 aliphatic carbocycles. The summed E-state index contributed by atoms with van der Waals surface area (Å²) >= 11 is 0. The van der Waals surface area contributed by atoms with Gasteiger partial charge in [-0.05, 0) is 18.2 Å². The van der Waals surface area contributed by atoms with Crippen LogP contribution in [0.5, 0.6) is 0 Å². The average molecular weight is 345 g/mol. The molecule has 7 heteroatoms. The topological polar surface area (TPSA) is 91.8 Å². The van der Waals surface area contributed by atoms with Gasteiger partial charge in [0.1, 0.15) is 5.69 Å². The first-order chi connectivity index (χ1) is 12.7. The van der Waals surface area contributed by atoms with Crippen molar-refractivity contribution in [2.24, 2.45) is 0 Å². The maximum atomic E-state index is 12.4. The zero-order valence-corrected chi connectivity index (χ0v) is 13.6. The number of carbonyl (C=O) groups excluding carboxylic acids is 2. The van der Waals surface area contributed by atoms with Crippen LogP contribution in [-0.4, -0.2) is 26.3 Å². The first-order valence-electron chi connectivity index (χ1n) is 7.98. The number of aromatic nitrogens is 3. The Bertz CT molecular complexity index is 1080. The smallest absolute Gasteiger partial charge is 0.288 e. The predicted octanol–water partition coefficient (Wildman–Crippen LogP) is 2.43. The number of benzene rings is 2. The van der Waals surface area contributed by atoms with Crippen molar-refractivity contribution < 1.29 is 9.59 Å². The third-order valence-electron chi connectivity index (χ3n) is 4.03. The molecule has 0 fully saturated rings. The molecule has 0 aliphatic rings. The van der Waals surface area contributed by atoms with E-state index in [1.807, 2.05) is 54.6 Å². The van der Waals surface area contributed by atoms with E-state index < -0.39 is 11.8 Å². The SMILES string of the molecule is O=C(NNC(=O)c1cncn1-c1ccccc1)c1c[nH]c2ccccc12. The molecule has 0 saturated heterocycles. The van der Waals surface area contributed by atoms with Crippen molar-refractivity contribution in [2.75, 3.05) is 0 Å². The number of rotatable bonds is 3. The number of fused-ring (bicyclic) bond motifs is 1. The Kier molecular flexibility index (Phi) is 3.95. The number of para-hydroxylation sites is 2. The van der Waals surface area contributed by atoms with Gasteiger partial charge >= 0.3 is 0 Å². The molecule has 7 nitrogen and oxygen atoms in total. The van der Waals surface area contributed by atoms with Crippen molar-refractivity contribution in [3.8, 4) is 5.69 Å². The second-order valence-electron chi connectivity index (χ2n) is 5.64. The van der Waals surface area contributed by atoms with E-state index in [0.29, 0.717) is 11.3 Å². The van der Waals surface area contributed by atoms with E-state index in [-0.39, 0.29) is 0 Å². The lowest BCUT2D eigenvalue weighted by Crippen LogP contribution is -2.42.